The van der Waals surface area contributed by atoms with Crippen LogP contribution in [0.5, 0.6) is 5.75 Å². The average Bonchev–Trinajstić information content (AvgIpc) is 2.39. The molecule has 5 heteroatoms. The molecule has 1 N–H and O–H groups in total. The second-order valence-corrected chi connectivity index (χ2v) is 3.91. The molecule has 0 aliphatic heterocycles. The number of hydrogen-bond acceptors (Lipinski definition) is 4. The van der Waals surface area contributed by atoms with E-state index in [1.54, 1.807) is 20.3 Å². The molecule has 0 saturated carbocycles. The zero-order valence-electron chi connectivity index (χ0n) is 11.2. The van der Waals surface area contributed by atoms with Gasteiger partial charge in [0.2, 0.25) is 0 Å². The molecule has 0 heterocycles. The van der Waals surface area contributed by atoms with E-state index in [4.69, 9.17) is 14.2 Å². The van der Waals surface area contributed by atoms with Gasteiger partial charge < -0.3 is 19.5 Å². The number of nitrogens with one attached hydrogen (secondary N) is 1. The quantitative estimate of drug-likeness (QED) is 0.753. The number of hydrogen-bond donors (Lipinski definition) is 1. The molecule has 0 aliphatic carbocycles. The van der Waals surface area contributed by atoms with Crippen LogP contribution in [0.4, 0.5) is 4.39 Å². The van der Waals surface area contributed by atoms with Crippen LogP contribution in [0.1, 0.15) is 5.56 Å². The lowest BCUT2D eigenvalue weighted by Crippen LogP contribution is -2.41. The van der Waals surface area contributed by atoms with E-state index in [9.17, 15) is 4.39 Å². The molecule has 0 aliphatic rings. The Hall–Kier alpha value is -1.17. The third kappa shape index (κ3) is 3.66. The SMILES string of the molecule is CNC(Cc1ccc(OC)c(F)c1)C(OC)OC. The number of halogens is 1. The van der Waals surface area contributed by atoms with E-state index in [1.807, 2.05) is 13.1 Å². The number of likely N-dealkylation sites (N-methyl/N-ethyl adjacent to an activating group) is 1. The average molecular weight is 257 g/mol. The lowest BCUT2D eigenvalue weighted by atomic mass is 10.1. The molecule has 0 radical (unpaired) electrons. The molecule has 0 amide bonds. The lowest BCUT2D eigenvalue weighted by Gasteiger charge is -2.24. The molecule has 1 atom stereocenters. The zero-order chi connectivity index (χ0) is 13.5. The first-order valence-electron chi connectivity index (χ1n) is 5.71. The van der Waals surface area contributed by atoms with E-state index >= 15 is 0 Å². The highest BCUT2D eigenvalue weighted by Gasteiger charge is 2.19. The van der Waals surface area contributed by atoms with Gasteiger partial charge in [-0.2, -0.15) is 0 Å². The Labute approximate surface area is 107 Å². The summed E-state index contributed by atoms with van der Waals surface area (Å²) in [4.78, 5) is 0. The largest absolute Gasteiger partial charge is 0.494 e. The molecule has 1 aromatic carbocycles. The second kappa shape index (κ2) is 7.31. The van der Waals surface area contributed by atoms with Crippen molar-refractivity contribution in [3.05, 3.63) is 29.6 Å². The maximum absolute atomic E-state index is 13.6. The number of rotatable bonds is 7. The van der Waals surface area contributed by atoms with Gasteiger partial charge in [-0.25, -0.2) is 4.39 Å². The molecule has 4 nitrogen and oxygen atoms in total. The maximum atomic E-state index is 13.6. The minimum absolute atomic E-state index is 0.0483. The van der Waals surface area contributed by atoms with Crippen LogP contribution in [0, 0.1) is 5.82 Å². The molecular formula is C13H20FNO3. The Kier molecular flexibility index (Phi) is 6.04. The van der Waals surface area contributed by atoms with Gasteiger partial charge in [0, 0.05) is 14.2 Å². The van der Waals surface area contributed by atoms with E-state index in [0.29, 0.717) is 6.42 Å². The minimum Gasteiger partial charge on any atom is -0.494 e. The van der Waals surface area contributed by atoms with Crippen LogP contribution in [0.15, 0.2) is 18.2 Å². The first-order chi connectivity index (χ1) is 8.65. The molecular weight excluding hydrogens is 237 g/mol. The fraction of sp³-hybridized carbons (Fsp3) is 0.538. The minimum atomic E-state index is -0.375. The van der Waals surface area contributed by atoms with Crippen LogP contribution >= 0.6 is 0 Å². The predicted octanol–water partition coefficient (Wildman–Crippen LogP) is 1.58. The molecule has 1 unspecified atom stereocenters. The summed E-state index contributed by atoms with van der Waals surface area (Å²) in [6, 6.07) is 4.86. The molecule has 18 heavy (non-hydrogen) atoms. The van der Waals surface area contributed by atoms with Crippen molar-refractivity contribution in [1.82, 2.24) is 5.32 Å². The van der Waals surface area contributed by atoms with Crippen LogP contribution in [0.2, 0.25) is 0 Å². The highest BCUT2D eigenvalue weighted by atomic mass is 19.1. The van der Waals surface area contributed by atoms with Crippen molar-refractivity contribution in [3.63, 3.8) is 0 Å². The molecule has 102 valence electrons. The van der Waals surface area contributed by atoms with Crippen LogP contribution in [0.3, 0.4) is 0 Å². The number of methoxy groups -OCH3 is 3. The van der Waals surface area contributed by atoms with E-state index in [2.05, 4.69) is 5.32 Å². The first-order valence-corrected chi connectivity index (χ1v) is 5.71. The highest BCUT2D eigenvalue weighted by molar-refractivity contribution is 5.29. The zero-order valence-corrected chi connectivity index (χ0v) is 11.2. The van der Waals surface area contributed by atoms with Gasteiger partial charge in [0.15, 0.2) is 17.9 Å². The molecule has 0 aromatic heterocycles. The molecule has 1 aromatic rings. The van der Waals surface area contributed by atoms with Crippen molar-refractivity contribution in [2.24, 2.45) is 0 Å². The Bertz CT molecular complexity index is 369. The van der Waals surface area contributed by atoms with Crippen LogP contribution in [-0.4, -0.2) is 40.7 Å². The van der Waals surface area contributed by atoms with Gasteiger partial charge in [-0.3, -0.25) is 0 Å². The topological polar surface area (TPSA) is 39.7 Å². The summed E-state index contributed by atoms with van der Waals surface area (Å²) >= 11 is 0. The van der Waals surface area contributed by atoms with Gasteiger partial charge in [-0.1, -0.05) is 6.07 Å². The summed E-state index contributed by atoms with van der Waals surface area (Å²) in [6.07, 6.45) is 0.226. The van der Waals surface area contributed by atoms with Gasteiger partial charge in [-0.05, 0) is 31.2 Å². The summed E-state index contributed by atoms with van der Waals surface area (Å²) in [5.74, 6) is -0.119. The van der Waals surface area contributed by atoms with Crippen molar-refractivity contribution in [3.8, 4) is 5.75 Å². The Balaban J connectivity index is 2.78. The van der Waals surface area contributed by atoms with E-state index in [-0.39, 0.29) is 23.9 Å². The Morgan fingerprint density at radius 3 is 2.33 bits per heavy atom. The van der Waals surface area contributed by atoms with Gasteiger partial charge in [0.1, 0.15) is 0 Å². The van der Waals surface area contributed by atoms with Crippen molar-refractivity contribution < 1.29 is 18.6 Å². The van der Waals surface area contributed by atoms with Crippen molar-refractivity contribution in [2.75, 3.05) is 28.4 Å². The third-order valence-electron chi connectivity index (χ3n) is 2.84. The first kappa shape index (κ1) is 14.9. The Morgan fingerprint density at radius 1 is 1.22 bits per heavy atom. The van der Waals surface area contributed by atoms with E-state index in [1.165, 1.54) is 13.2 Å². The molecule has 0 spiro atoms. The second-order valence-electron chi connectivity index (χ2n) is 3.91. The van der Waals surface area contributed by atoms with Gasteiger partial charge in [0.25, 0.3) is 0 Å². The standard InChI is InChI=1S/C13H20FNO3/c1-15-11(13(17-3)18-4)8-9-5-6-12(16-2)10(14)7-9/h5-7,11,13,15H,8H2,1-4H3. The van der Waals surface area contributed by atoms with Gasteiger partial charge >= 0.3 is 0 Å². The summed E-state index contributed by atoms with van der Waals surface area (Å²) in [5.41, 5.74) is 0.853. The van der Waals surface area contributed by atoms with Crippen molar-refractivity contribution in [1.29, 1.82) is 0 Å². The van der Waals surface area contributed by atoms with Crippen molar-refractivity contribution >= 4 is 0 Å². The number of ether oxygens (including phenoxy) is 3. The van der Waals surface area contributed by atoms with E-state index < -0.39 is 0 Å². The third-order valence-corrected chi connectivity index (χ3v) is 2.84. The van der Waals surface area contributed by atoms with Crippen molar-refractivity contribution in [2.45, 2.75) is 18.8 Å². The molecule has 1 rings (SSSR count). The van der Waals surface area contributed by atoms with E-state index in [0.717, 1.165) is 5.56 Å². The summed E-state index contributed by atoms with van der Waals surface area (Å²) in [6.45, 7) is 0. The molecule has 0 bridgehead atoms. The summed E-state index contributed by atoms with van der Waals surface area (Å²) < 4.78 is 28.8. The fourth-order valence-corrected chi connectivity index (χ4v) is 1.85. The molecule has 0 fully saturated rings. The Morgan fingerprint density at radius 2 is 1.89 bits per heavy atom. The summed E-state index contributed by atoms with van der Waals surface area (Å²) in [5, 5.41) is 3.10. The normalized spacial score (nSPS) is 12.8. The van der Waals surface area contributed by atoms with Crippen LogP contribution < -0.4 is 10.1 Å². The highest BCUT2D eigenvalue weighted by Crippen LogP contribution is 2.19. The fourth-order valence-electron chi connectivity index (χ4n) is 1.85. The van der Waals surface area contributed by atoms with Crippen LogP contribution in [-0.2, 0) is 15.9 Å². The lowest BCUT2D eigenvalue weighted by molar-refractivity contribution is -0.121. The predicted molar refractivity (Wildman–Crippen MR) is 67.3 cm³/mol. The smallest absolute Gasteiger partial charge is 0.172 e. The van der Waals surface area contributed by atoms with Crippen LogP contribution in [0.25, 0.3) is 0 Å². The van der Waals surface area contributed by atoms with Gasteiger partial charge in [0.05, 0.1) is 13.2 Å². The summed E-state index contributed by atoms with van der Waals surface area (Å²) in [7, 11) is 6.41. The van der Waals surface area contributed by atoms with Gasteiger partial charge in [-0.15, -0.1) is 0 Å². The number of benzene rings is 1. The monoisotopic (exact) mass is 257 g/mol. The molecule has 0 saturated heterocycles. The maximum Gasteiger partial charge on any atom is 0.172 e.